The molecule has 4 rings (SSSR count). The van der Waals surface area contributed by atoms with E-state index in [-0.39, 0.29) is 10.6 Å². The molecule has 3 aromatic rings. The minimum absolute atomic E-state index is 0.141. The van der Waals surface area contributed by atoms with Gasteiger partial charge in [0, 0.05) is 37.2 Å². The van der Waals surface area contributed by atoms with Gasteiger partial charge in [0.1, 0.15) is 17.3 Å². The van der Waals surface area contributed by atoms with Crippen molar-refractivity contribution in [1.29, 1.82) is 5.26 Å². The SMILES string of the molecule is Cc1cc(N2CCSCC2)c([N+](=O)[O-])c(C)c1Nc1ccnc(Cc2ccc(C#N)cc2)n1. The molecule has 1 aliphatic heterocycles. The molecular formula is C24H24N6O2S. The maximum atomic E-state index is 12.0. The summed E-state index contributed by atoms with van der Waals surface area (Å²) in [6.07, 6.45) is 2.19. The van der Waals surface area contributed by atoms with Gasteiger partial charge in [-0.15, -0.1) is 0 Å². The first-order chi connectivity index (χ1) is 16.0. The van der Waals surface area contributed by atoms with Crippen molar-refractivity contribution in [2.45, 2.75) is 20.3 Å². The molecule has 0 radical (unpaired) electrons. The second-order valence-corrected chi connectivity index (χ2v) is 9.11. The highest BCUT2D eigenvalue weighted by molar-refractivity contribution is 7.99. The molecule has 0 saturated carbocycles. The van der Waals surface area contributed by atoms with Crippen molar-refractivity contribution in [3.8, 4) is 6.07 Å². The summed E-state index contributed by atoms with van der Waals surface area (Å²) < 4.78 is 0. The van der Waals surface area contributed by atoms with Crippen LogP contribution in [0.5, 0.6) is 0 Å². The number of hydrogen-bond donors (Lipinski definition) is 1. The number of nitrogens with zero attached hydrogens (tertiary/aromatic N) is 5. The first-order valence-electron chi connectivity index (χ1n) is 10.7. The normalized spacial score (nSPS) is 13.4. The first kappa shape index (κ1) is 22.6. The number of nitrogens with one attached hydrogen (secondary N) is 1. The van der Waals surface area contributed by atoms with E-state index in [2.05, 4.69) is 26.3 Å². The number of nitro groups is 1. The van der Waals surface area contributed by atoms with Crippen molar-refractivity contribution < 1.29 is 4.92 Å². The van der Waals surface area contributed by atoms with Crippen LogP contribution in [-0.2, 0) is 6.42 Å². The van der Waals surface area contributed by atoms with Crippen molar-refractivity contribution in [2.24, 2.45) is 0 Å². The lowest BCUT2D eigenvalue weighted by molar-refractivity contribution is -0.384. The molecule has 9 heteroatoms. The van der Waals surface area contributed by atoms with Gasteiger partial charge in [0.25, 0.3) is 5.69 Å². The van der Waals surface area contributed by atoms with Crippen molar-refractivity contribution in [1.82, 2.24) is 9.97 Å². The van der Waals surface area contributed by atoms with Gasteiger partial charge in [-0.3, -0.25) is 10.1 Å². The molecule has 2 aromatic carbocycles. The molecule has 0 unspecified atom stereocenters. The molecule has 1 saturated heterocycles. The number of aryl methyl sites for hydroxylation is 1. The number of benzene rings is 2. The Morgan fingerprint density at radius 2 is 1.94 bits per heavy atom. The zero-order valence-corrected chi connectivity index (χ0v) is 19.4. The summed E-state index contributed by atoms with van der Waals surface area (Å²) in [4.78, 5) is 22.8. The van der Waals surface area contributed by atoms with Gasteiger partial charge < -0.3 is 10.2 Å². The highest BCUT2D eigenvalue weighted by atomic mass is 32.2. The summed E-state index contributed by atoms with van der Waals surface area (Å²) in [5, 5.41) is 24.2. The maximum absolute atomic E-state index is 12.0. The smallest absolute Gasteiger partial charge is 0.297 e. The molecule has 8 nitrogen and oxygen atoms in total. The molecule has 168 valence electrons. The highest BCUT2D eigenvalue weighted by Crippen LogP contribution is 2.40. The van der Waals surface area contributed by atoms with Gasteiger partial charge in [-0.25, -0.2) is 9.97 Å². The van der Waals surface area contributed by atoms with E-state index in [4.69, 9.17) is 5.26 Å². The van der Waals surface area contributed by atoms with Crippen LogP contribution < -0.4 is 10.2 Å². The number of aromatic nitrogens is 2. The molecular weight excluding hydrogens is 436 g/mol. The van der Waals surface area contributed by atoms with E-state index in [1.54, 1.807) is 31.3 Å². The minimum Gasteiger partial charge on any atom is -0.364 e. The predicted octanol–water partition coefficient (Wildman–Crippen LogP) is 4.76. The minimum atomic E-state index is -0.284. The predicted molar refractivity (Wildman–Crippen MR) is 131 cm³/mol. The first-order valence-corrected chi connectivity index (χ1v) is 11.8. The van der Waals surface area contributed by atoms with Crippen LogP contribution in [0.25, 0.3) is 0 Å². The summed E-state index contributed by atoms with van der Waals surface area (Å²) >= 11 is 1.87. The second kappa shape index (κ2) is 9.88. The fourth-order valence-corrected chi connectivity index (χ4v) is 4.88. The molecule has 0 bridgehead atoms. The Bertz CT molecular complexity index is 1220. The van der Waals surface area contributed by atoms with E-state index in [0.29, 0.717) is 40.6 Å². The zero-order chi connectivity index (χ0) is 23.4. The van der Waals surface area contributed by atoms with E-state index in [1.807, 2.05) is 36.9 Å². The molecule has 0 amide bonds. The number of hydrogen-bond acceptors (Lipinski definition) is 8. The Balaban J connectivity index is 1.62. The van der Waals surface area contributed by atoms with Gasteiger partial charge >= 0.3 is 0 Å². The van der Waals surface area contributed by atoms with Gasteiger partial charge in [0.2, 0.25) is 0 Å². The van der Waals surface area contributed by atoms with Gasteiger partial charge in [-0.1, -0.05) is 12.1 Å². The van der Waals surface area contributed by atoms with E-state index < -0.39 is 0 Å². The Morgan fingerprint density at radius 3 is 2.61 bits per heavy atom. The van der Waals surface area contributed by atoms with Gasteiger partial charge in [-0.2, -0.15) is 17.0 Å². The second-order valence-electron chi connectivity index (χ2n) is 7.89. The Morgan fingerprint density at radius 1 is 1.21 bits per heavy atom. The Hall–Kier alpha value is -3.64. The quantitative estimate of drug-likeness (QED) is 0.414. The molecule has 1 aromatic heterocycles. The van der Waals surface area contributed by atoms with E-state index in [1.165, 1.54) is 0 Å². The maximum Gasteiger partial charge on any atom is 0.297 e. The van der Waals surface area contributed by atoms with Crippen LogP contribution in [0.3, 0.4) is 0 Å². The van der Waals surface area contributed by atoms with Crippen LogP contribution in [0.2, 0.25) is 0 Å². The van der Waals surface area contributed by atoms with Gasteiger partial charge in [-0.05, 0) is 49.2 Å². The van der Waals surface area contributed by atoms with Crippen molar-refractivity contribution in [2.75, 3.05) is 34.8 Å². The van der Waals surface area contributed by atoms with E-state index in [9.17, 15) is 10.1 Å². The average Bonchev–Trinajstić information content (AvgIpc) is 2.82. The number of thioether (sulfide) groups is 1. The average molecular weight is 461 g/mol. The molecule has 0 atom stereocenters. The summed E-state index contributed by atoms with van der Waals surface area (Å²) in [5.41, 5.74) is 4.65. The summed E-state index contributed by atoms with van der Waals surface area (Å²) in [7, 11) is 0. The molecule has 1 N–H and O–H groups in total. The lowest BCUT2D eigenvalue weighted by Gasteiger charge is -2.29. The third-order valence-corrected chi connectivity index (χ3v) is 6.60. The monoisotopic (exact) mass is 460 g/mol. The third kappa shape index (κ3) is 5.07. The van der Waals surface area contributed by atoms with Gasteiger partial charge in [0.05, 0.1) is 27.8 Å². The number of anilines is 3. The fourth-order valence-electron chi connectivity index (χ4n) is 3.98. The van der Waals surface area contributed by atoms with Crippen LogP contribution in [0, 0.1) is 35.3 Å². The standard InChI is InChI=1S/C24H24N6O2S/c1-16-13-20(29-9-11-33-12-10-29)24(30(31)32)17(2)23(16)28-21-7-8-26-22(27-21)14-18-3-5-19(15-25)6-4-18/h3-8,13H,9-12,14H2,1-2H3,(H,26,27,28). The topological polar surface area (TPSA) is 108 Å². The lowest BCUT2D eigenvalue weighted by Crippen LogP contribution is -2.33. The Kier molecular flexibility index (Phi) is 6.75. The number of nitro benzene ring substituents is 1. The lowest BCUT2D eigenvalue weighted by atomic mass is 10.0. The highest BCUT2D eigenvalue weighted by Gasteiger charge is 2.27. The van der Waals surface area contributed by atoms with Crippen molar-refractivity contribution in [3.63, 3.8) is 0 Å². The van der Waals surface area contributed by atoms with Crippen LogP contribution in [0.1, 0.15) is 28.1 Å². The third-order valence-electron chi connectivity index (χ3n) is 5.66. The molecule has 1 fully saturated rings. The summed E-state index contributed by atoms with van der Waals surface area (Å²) in [5.74, 6) is 3.14. The fraction of sp³-hybridized carbons (Fsp3) is 0.292. The molecule has 1 aliphatic rings. The van der Waals surface area contributed by atoms with Crippen molar-refractivity contribution >= 4 is 34.6 Å². The van der Waals surface area contributed by atoms with Gasteiger partial charge in [0.15, 0.2) is 0 Å². The van der Waals surface area contributed by atoms with Crippen LogP contribution in [0.4, 0.5) is 22.9 Å². The largest absolute Gasteiger partial charge is 0.364 e. The molecule has 33 heavy (non-hydrogen) atoms. The number of rotatable bonds is 6. The zero-order valence-electron chi connectivity index (χ0n) is 18.5. The van der Waals surface area contributed by atoms with Crippen LogP contribution in [-0.4, -0.2) is 39.5 Å². The van der Waals surface area contributed by atoms with Crippen molar-refractivity contribution in [3.05, 3.63) is 80.8 Å². The van der Waals surface area contributed by atoms with E-state index in [0.717, 1.165) is 35.7 Å². The molecule has 0 aliphatic carbocycles. The Labute approximate surface area is 196 Å². The summed E-state index contributed by atoms with van der Waals surface area (Å²) in [6.45, 7) is 5.36. The number of nitriles is 1. The van der Waals surface area contributed by atoms with Crippen LogP contribution in [0.15, 0.2) is 42.6 Å². The summed E-state index contributed by atoms with van der Waals surface area (Å²) in [6, 6.07) is 13.1. The molecule has 0 spiro atoms. The van der Waals surface area contributed by atoms with E-state index >= 15 is 0 Å². The van der Waals surface area contributed by atoms with Crippen LogP contribution >= 0.6 is 11.8 Å². The molecule has 2 heterocycles.